The Balaban J connectivity index is 2.08. The number of rotatable bonds is 7. The molecule has 2 rings (SSSR count). The Bertz CT molecular complexity index is 561. The van der Waals surface area contributed by atoms with Crippen LogP contribution < -0.4 is 5.73 Å². The molecule has 0 atom stereocenters. The highest BCUT2D eigenvalue weighted by Gasteiger charge is 2.10. The lowest BCUT2D eigenvalue weighted by molar-refractivity contribution is 0.255. The van der Waals surface area contributed by atoms with Crippen LogP contribution in [0.4, 0.5) is 0 Å². The molecule has 0 spiro atoms. The van der Waals surface area contributed by atoms with Gasteiger partial charge in [0.05, 0.1) is 0 Å². The number of hydrogen-bond acceptors (Lipinski definition) is 3. The molecule has 0 unspecified atom stereocenters. The topological polar surface area (TPSA) is 42.1 Å². The number of pyridine rings is 1. The second-order valence-electron chi connectivity index (χ2n) is 4.94. The fraction of sp³-hybridized carbons (Fsp3) is 0.312. The molecule has 1 aromatic heterocycles. The van der Waals surface area contributed by atoms with Crippen molar-refractivity contribution >= 4 is 23.2 Å². The molecule has 0 bridgehead atoms. The summed E-state index contributed by atoms with van der Waals surface area (Å²) in [6.45, 7) is 3.19. The number of hydrogen-bond donors (Lipinski definition) is 1. The van der Waals surface area contributed by atoms with Crippen LogP contribution in [0.2, 0.25) is 10.2 Å². The van der Waals surface area contributed by atoms with Crippen LogP contribution in [0.3, 0.4) is 0 Å². The number of nitrogens with zero attached hydrogens (tertiary/aromatic N) is 2. The van der Waals surface area contributed by atoms with Gasteiger partial charge in [0.15, 0.2) is 0 Å². The molecule has 0 amide bonds. The van der Waals surface area contributed by atoms with E-state index >= 15 is 0 Å². The first-order valence-corrected chi connectivity index (χ1v) is 7.71. The first-order valence-electron chi connectivity index (χ1n) is 6.95. The van der Waals surface area contributed by atoms with Crippen LogP contribution in [-0.2, 0) is 13.1 Å². The molecular weight excluding hydrogens is 305 g/mol. The molecule has 0 aliphatic carbocycles. The maximum Gasteiger partial charge on any atom is 0.130 e. The van der Waals surface area contributed by atoms with Crippen molar-refractivity contribution in [1.82, 2.24) is 9.88 Å². The minimum absolute atomic E-state index is 0.417. The molecule has 1 aromatic carbocycles. The van der Waals surface area contributed by atoms with E-state index in [1.165, 1.54) is 5.56 Å². The fourth-order valence-electron chi connectivity index (χ4n) is 2.16. The minimum Gasteiger partial charge on any atom is -0.330 e. The summed E-state index contributed by atoms with van der Waals surface area (Å²) >= 11 is 12.1. The van der Waals surface area contributed by atoms with Crippen molar-refractivity contribution in [1.29, 1.82) is 0 Å². The van der Waals surface area contributed by atoms with E-state index < -0.39 is 0 Å². The van der Waals surface area contributed by atoms with Gasteiger partial charge in [-0.2, -0.15) is 0 Å². The predicted molar refractivity (Wildman–Crippen MR) is 88.5 cm³/mol. The van der Waals surface area contributed by atoms with E-state index in [2.05, 4.69) is 22.0 Å². The van der Waals surface area contributed by atoms with Gasteiger partial charge < -0.3 is 5.73 Å². The SMILES string of the molecule is NCCCN(Cc1ccccc1)Cc1cnc(Cl)cc1Cl. The molecule has 0 saturated heterocycles. The summed E-state index contributed by atoms with van der Waals surface area (Å²) in [6, 6.07) is 12.0. The molecular formula is C16H19Cl2N3. The Morgan fingerprint density at radius 3 is 2.52 bits per heavy atom. The van der Waals surface area contributed by atoms with Crippen molar-refractivity contribution in [3.8, 4) is 0 Å². The average Bonchev–Trinajstić information content (AvgIpc) is 2.48. The highest BCUT2D eigenvalue weighted by atomic mass is 35.5. The van der Waals surface area contributed by atoms with Gasteiger partial charge >= 0.3 is 0 Å². The van der Waals surface area contributed by atoms with Gasteiger partial charge in [-0.3, -0.25) is 4.90 Å². The van der Waals surface area contributed by atoms with Crippen molar-refractivity contribution in [3.63, 3.8) is 0 Å². The maximum absolute atomic E-state index is 6.23. The number of aromatic nitrogens is 1. The summed E-state index contributed by atoms with van der Waals surface area (Å²) in [4.78, 5) is 6.43. The van der Waals surface area contributed by atoms with Gasteiger partial charge in [-0.1, -0.05) is 53.5 Å². The summed E-state index contributed by atoms with van der Waals surface area (Å²) in [5, 5.41) is 1.07. The zero-order chi connectivity index (χ0) is 15.1. The highest BCUT2D eigenvalue weighted by Crippen LogP contribution is 2.21. The Morgan fingerprint density at radius 2 is 1.86 bits per heavy atom. The van der Waals surface area contributed by atoms with Crippen molar-refractivity contribution < 1.29 is 0 Å². The highest BCUT2D eigenvalue weighted by molar-refractivity contribution is 6.34. The molecule has 112 valence electrons. The summed E-state index contributed by atoms with van der Waals surface area (Å²) < 4.78 is 0. The second kappa shape index (κ2) is 8.35. The van der Waals surface area contributed by atoms with Crippen LogP contribution in [0, 0.1) is 0 Å². The Labute approximate surface area is 135 Å². The Morgan fingerprint density at radius 1 is 1.10 bits per heavy atom. The zero-order valence-electron chi connectivity index (χ0n) is 11.8. The Hall–Kier alpha value is -1.13. The molecule has 0 radical (unpaired) electrons. The Kier molecular flexibility index (Phi) is 6.46. The lowest BCUT2D eigenvalue weighted by atomic mass is 10.2. The van der Waals surface area contributed by atoms with Gasteiger partial charge in [0.25, 0.3) is 0 Å². The van der Waals surface area contributed by atoms with E-state index in [0.717, 1.165) is 31.6 Å². The minimum atomic E-state index is 0.417. The van der Waals surface area contributed by atoms with Crippen LogP contribution in [0.1, 0.15) is 17.5 Å². The quantitative estimate of drug-likeness (QED) is 0.789. The molecule has 0 aliphatic heterocycles. The predicted octanol–water partition coefficient (Wildman–Crippen LogP) is 3.74. The normalized spacial score (nSPS) is 11.0. The molecule has 2 aromatic rings. The van der Waals surface area contributed by atoms with Gasteiger partial charge in [-0.05, 0) is 24.6 Å². The fourth-order valence-corrected chi connectivity index (χ4v) is 2.59. The molecule has 3 nitrogen and oxygen atoms in total. The van der Waals surface area contributed by atoms with Gasteiger partial charge in [-0.25, -0.2) is 4.98 Å². The summed E-state index contributed by atoms with van der Waals surface area (Å²) in [6.07, 6.45) is 2.69. The van der Waals surface area contributed by atoms with E-state index in [-0.39, 0.29) is 0 Å². The molecule has 0 fully saturated rings. The van der Waals surface area contributed by atoms with Crippen LogP contribution in [0.5, 0.6) is 0 Å². The number of nitrogens with two attached hydrogens (primary N) is 1. The number of halogens is 2. The van der Waals surface area contributed by atoms with E-state index in [9.17, 15) is 0 Å². The van der Waals surface area contributed by atoms with E-state index in [1.807, 2.05) is 18.2 Å². The lowest BCUT2D eigenvalue weighted by Gasteiger charge is -2.22. The largest absolute Gasteiger partial charge is 0.330 e. The molecule has 21 heavy (non-hydrogen) atoms. The molecule has 0 saturated carbocycles. The summed E-state index contributed by atoms with van der Waals surface area (Å²) in [7, 11) is 0. The zero-order valence-corrected chi connectivity index (χ0v) is 13.3. The molecule has 1 heterocycles. The average molecular weight is 324 g/mol. The van der Waals surface area contributed by atoms with Gasteiger partial charge in [-0.15, -0.1) is 0 Å². The van der Waals surface area contributed by atoms with Crippen molar-refractivity contribution in [2.75, 3.05) is 13.1 Å². The molecule has 0 aliphatic rings. The first kappa shape index (κ1) is 16.2. The second-order valence-corrected chi connectivity index (χ2v) is 5.73. The third-order valence-corrected chi connectivity index (χ3v) is 3.78. The van der Waals surface area contributed by atoms with Crippen LogP contribution in [0.25, 0.3) is 0 Å². The number of benzene rings is 1. The summed E-state index contributed by atoms with van der Waals surface area (Å²) in [5.41, 5.74) is 7.88. The summed E-state index contributed by atoms with van der Waals surface area (Å²) in [5.74, 6) is 0. The van der Waals surface area contributed by atoms with Crippen molar-refractivity contribution in [2.24, 2.45) is 5.73 Å². The van der Waals surface area contributed by atoms with Crippen LogP contribution in [-0.4, -0.2) is 23.0 Å². The van der Waals surface area contributed by atoms with Crippen molar-refractivity contribution in [3.05, 3.63) is 63.9 Å². The van der Waals surface area contributed by atoms with E-state index in [0.29, 0.717) is 16.7 Å². The van der Waals surface area contributed by atoms with Gasteiger partial charge in [0.2, 0.25) is 0 Å². The monoisotopic (exact) mass is 323 g/mol. The third-order valence-electron chi connectivity index (χ3n) is 3.22. The van der Waals surface area contributed by atoms with Crippen LogP contribution >= 0.6 is 23.2 Å². The maximum atomic E-state index is 6.23. The standard InChI is InChI=1S/C16H19Cl2N3/c17-15-9-16(18)20-10-14(15)12-21(8-4-7-19)11-13-5-2-1-3-6-13/h1-3,5-6,9-10H,4,7-8,11-12,19H2. The lowest BCUT2D eigenvalue weighted by Crippen LogP contribution is -2.25. The first-order chi connectivity index (χ1) is 10.2. The van der Waals surface area contributed by atoms with E-state index in [4.69, 9.17) is 28.9 Å². The van der Waals surface area contributed by atoms with Gasteiger partial charge in [0.1, 0.15) is 5.15 Å². The van der Waals surface area contributed by atoms with Crippen molar-refractivity contribution in [2.45, 2.75) is 19.5 Å². The third kappa shape index (κ3) is 5.29. The smallest absolute Gasteiger partial charge is 0.130 e. The van der Waals surface area contributed by atoms with E-state index in [1.54, 1.807) is 12.3 Å². The molecule has 2 N–H and O–H groups in total. The van der Waals surface area contributed by atoms with Crippen LogP contribution in [0.15, 0.2) is 42.6 Å². The molecule has 5 heteroatoms. The van der Waals surface area contributed by atoms with Gasteiger partial charge in [0, 0.05) is 36.4 Å².